The Bertz CT molecular complexity index is 454. The zero-order chi connectivity index (χ0) is 14.9. The summed E-state index contributed by atoms with van der Waals surface area (Å²) in [4.78, 5) is 4.70. The molecule has 3 rings (SSSR count). The molecule has 0 aliphatic heterocycles. The fraction of sp³-hybridized carbons (Fsp3) is 0.882. The van der Waals surface area contributed by atoms with Crippen LogP contribution in [0.4, 0.5) is 0 Å². The molecular formula is C17H29N3O. The van der Waals surface area contributed by atoms with E-state index in [0.717, 1.165) is 30.5 Å². The second-order valence-electron chi connectivity index (χ2n) is 7.42. The summed E-state index contributed by atoms with van der Waals surface area (Å²) in [5.41, 5.74) is 6.19. The van der Waals surface area contributed by atoms with E-state index < -0.39 is 0 Å². The summed E-state index contributed by atoms with van der Waals surface area (Å²) >= 11 is 0. The summed E-state index contributed by atoms with van der Waals surface area (Å²) in [5, 5.41) is 4.26. The first-order chi connectivity index (χ1) is 10.1. The topological polar surface area (TPSA) is 64.9 Å². The molecule has 0 amide bonds. The maximum absolute atomic E-state index is 6.57. The predicted octanol–water partition coefficient (Wildman–Crippen LogP) is 4.12. The predicted molar refractivity (Wildman–Crippen MR) is 82.8 cm³/mol. The normalized spacial score (nSPS) is 37.6. The summed E-state index contributed by atoms with van der Waals surface area (Å²) in [5.74, 6) is 3.74. The monoisotopic (exact) mass is 291 g/mol. The van der Waals surface area contributed by atoms with Crippen molar-refractivity contribution in [2.24, 2.45) is 17.6 Å². The summed E-state index contributed by atoms with van der Waals surface area (Å²) in [6.07, 6.45) is 10.5. The van der Waals surface area contributed by atoms with Crippen LogP contribution in [-0.4, -0.2) is 10.1 Å². The highest BCUT2D eigenvalue weighted by atomic mass is 16.5. The number of rotatable bonds is 3. The third-order valence-electron chi connectivity index (χ3n) is 5.82. The van der Waals surface area contributed by atoms with Crippen LogP contribution in [0.25, 0.3) is 0 Å². The van der Waals surface area contributed by atoms with Crippen molar-refractivity contribution in [1.29, 1.82) is 0 Å². The molecule has 0 aromatic carbocycles. The van der Waals surface area contributed by atoms with Gasteiger partial charge in [-0.05, 0) is 50.4 Å². The molecule has 118 valence electrons. The van der Waals surface area contributed by atoms with Crippen LogP contribution >= 0.6 is 0 Å². The van der Waals surface area contributed by atoms with Crippen molar-refractivity contribution in [3.63, 3.8) is 0 Å². The van der Waals surface area contributed by atoms with Crippen LogP contribution in [0.5, 0.6) is 0 Å². The highest BCUT2D eigenvalue weighted by Crippen LogP contribution is 2.39. The van der Waals surface area contributed by atoms with Crippen molar-refractivity contribution in [3.05, 3.63) is 11.7 Å². The van der Waals surface area contributed by atoms with Crippen LogP contribution in [-0.2, 0) is 5.54 Å². The second-order valence-corrected chi connectivity index (χ2v) is 7.42. The molecule has 0 unspecified atom stereocenters. The molecule has 2 N–H and O–H groups in total. The number of hydrogen-bond donors (Lipinski definition) is 1. The van der Waals surface area contributed by atoms with Gasteiger partial charge in [-0.2, -0.15) is 4.98 Å². The maximum atomic E-state index is 6.57. The highest BCUT2D eigenvalue weighted by molar-refractivity contribution is 5.07. The maximum Gasteiger partial charge on any atom is 0.246 e. The molecule has 2 aliphatic rings. The molecule has 4 heteroatoms. The minimum absolute atomic E-state index is 0.376. The van der Waals surface area contributed by atoms with E-state index in [0.29, 0.717) is 11.8 Å². The van der Waals surface area contributed by atoms with Gasteiger partial charge in [0.05, 0.1) is 5.54 Å². The second kappa shape index (κ2) is 6.07. The summed E-state index contributed by atoms with van der Waals surface area (Å²) in [6, 6.07) is 0. The molecule has 1 aromatic heterocycles. The summed E-state index contributed by atoms with van der Waals surface area (Å²) in [6.45, 7) is 4.60. The van der Waals surface area contributed by atoms with E-state index in [1.54, 1.807) is 0 Å². The third-order valence-corrected chi connectivity index (χ3v) is 5.82. The Morgan fingerprint density at radius 1 is 1.14 bits per heavy atom. The van der Waals surface area contributed by atoms with Gasteiger partial charge >= 0.3 is 0 Å². The van der Waals surface area contributed by atoms with E-state index in [1.807, 2.05) is 0 Å². The molecule has 1 aromatic rings. The minimum Gasteiger partial charge on any atom is -0.337 e. The Labute approximate surface area is 127 Å². The average Bonchev–Trinajstić information content (AvgIpc) is 2.99. The quantitative estimate of drug-likeness (QED) is 0.910. The summed E-state index contributed by atoms with van der Waals surface area (Å²) in [7, 11) is 0. The SMILES string of the molecule is CCC1CCC(N)(c2nc(C3CCC(C)CC3)no2)CC1. The van der Waals surface area contributed by atoms with Gasteiger partial charge in [0, 0.05) is 5.92 Å². The van der Waals surface area contributed by atoms with Gasteiger partial charge in [-0.3, -0.25) is 0 Å². The van der Waals surface area contributed by atoms with Crippen LogP contribution in [0.1, 0.15) is 89.3 Å². The van der Waals surface area contributed by atoms with Crippen LogP contribution in [0, 0.1) is 11.8 Å². The first-order valence-electron chi connectivity index (χ1n) is 8.73. The highest BCUT2D eigenvalue weighted by Gasteiger charge is 2.38. The van der Waals surface area contributed by atoms with Crippen molar-refractivity contribution >= 4 is 0 Å². The van der Waals surface area contributed by atoms with Gasteiger partial charge in [-0.15, -0.1) is 0 Å². The lowest BCUT2D eigenvalue weighted by Gasteiger charge is -2.33. The van der Waals surface area contributed by atoms with Crippen molar-refractivity contribution in [3.8, 4) is 0 Å². The van der Waals surface area contributed by atoms with E-state index in [4.69, 9.17) is 15.2 Å². The molecule has 21 heavy (non-hydrogen) atoms. The molecular weight excluding hydrogens is 262 g/mol. The van der Waals surface area contributed by atoms with E-state index in [-0.39, 0.29) is 5.54 Å². The zero-order valence-corrected chi connectivity index (χ0v) is 13.5. The van der Waals surface area contributed by atoms with Gasteiger partial charge in [0.1, 0.15) is 0 Å². The van der Waals surface area contributed by atoms with Gasteiger partial charge in [-0.25, -0.2) is 0 Å². The van der Waals surface area contributed by atoms with Gasteiger partial charge in [0.2, 0.25) is 5.89 Å². The fourth-order valence-electron chi connectivity index (χ4n) is 3.94. The van der Waals surface area contributed by atoms with E-state index in [2.05, 4.69) is 19.0 Å². The zero-order valence-electron chi connectivity index (χ0n) is 13.5. The molecule has 0 atom stereocenters. The van der Waals surface area contributed by atoms with Crippen molar-refractivity contribution in [2.75, 3.05) is 0 Å². The number of nitrogens with two attached hydrogens (primary N) is 1. The average molecular weight is 291 g/mol. The molecule has 0 radical (unpaired) electrons. The summed E-state index contributed by atoms with van der Waals surface area (Å²) < 4.78 is 5.57. The van der Waals surface area contributed by atoms with Crippen molar-refractivity contribution in [2.45, 2.75) is 83.1 Å². The Kier molecular flexibility index (Phi) is 4.34. The Balaban J connectivity index is 1.67. The largest absolute Gasteiger partial charge is 0.337 e. The van der Waals surface area contributed by atoms with Crippen LogP contribution in [0.2, 0.25) is 0 Å². The molecule has 2 saturated carbocycles. The van der Waals surface area contributed by atoms with Crippen LogP contribution in [0.3, 0.4) is 0 Å². The van der Waals surface area contributed by atoms with E-state index in [9.17, 15) is 0 Å². The molecule has 0 spiro atoms. The van der Waals surface area contributed by atoms with Crippen LogP contribution in [0.15, 0.2) is 4.52 Å². The molecule has 1 heterocycles. The Morgan fingerprint density at radius 3 is 2.43 bits per heavy atom. The van der Waals surface area contributed by atoms with Crippen molar-refractivity contribution in [1.82, 2.24) is 10.1 Å². The molecule has 2 fully saturated rings. The van der Waals surface area contributed by atoms with Crippen LogP contribution < -0.4 is 5.73 Å². The number of hydrogen-bond acceptors (Lipinski definition) is 4. The lowest BCUT2D eigenvalue weighted by Crippen LogP contribution is -2.40. The third kappa shape index (κ3) is 3.15. The first-order valence-corrected chi connectivity index (χ1v) is 8.73. The van der Waals surface area contributed by atoms with Gasteiger partial charge in [0.25, 0.3) is 0 Å². The van der Waals surface area contributed by atoms with Crippen molar-refractivity contribution < 1.29 is 4.52 Å². The molecule has 0 saturated heterocycles. The van der Waals surface area contributed by atoms with Gasteiger partial charge in [0.15, 0.2) is 5.82 Å². The fourth-order valence-corrected chi connectivity index (χ4v) is 3.94. The molecule has 2 aliphatic carbocycles. The lowest BCUT2D eigenvalue weighted by molar-refractivity contribution is 0.181. The minimum atomic E-state index is -0.376. The lowest BCUT2D eigenvalue weighted by atomic mass is 9.76. The van der Waals surface area contributed by atoms with E-state index in [1.165, 1.54) is 44.9 Å². The van der Waals surface area contributed by atoms with E-state index >= 15 is 0 Å². The standard InChI is InChI=1S/C17H29N3O/c1-3-13-8-10-17(18,11-9-13)16-19-15(20-21-16)14-6-4-12(2)5-7-14/h12-14H,3-11,18H2,1-2H3. The number of nitrogens with zero attached hydrogens (tertiary/aromatic N) is 2. The Morgan fingerprint density at radius 2 is 1.81 bits per heavy atom. The van der Waals surface area contributed by atoms with Gasteiger partial charge < -0.3 is 10.3 Å². The number of aromatic nitrogens is 2. The molecule has 4 nitrogen and oxygen atoms in total. The first kappa shape index (κ1) is 15.0. The molecule has 0 bridgehead atoms. The van der Waals surface area contributed by atoms with Gasteiger partial charge in [-0.1, -0.05) is 38.3 Å². The Hall–Kier alpha value is -0.900. The smallest absolute Gasteiger partial charge is 0.246 e.